The van der Waals surface area contributed by atoms with Crippen LogP contribution in [0.4, 0.5) is 33.6 Å². The van der Waals surface area contributed by atoms with Crippen LogP contribution in [0.15, 0.2) is 97.6 Å². The number of carbonyl (C=O) groups is 2. The number of hydrogen-bond donors (Lipinski definition) is 8. The van der Waals surface area contributed by atoms with Crippen LogP contribution in [0.1, 0.15) is 112 Å². The van der Waals surface area contributed by atoms with Crippen LogP contribution < -0.4 is 93.9 Å². The van der Waals surface area contributed by atoms with Gasteiger partial charge in [-0.3, -0.25) is 14.1 Å². The van der Waals surface area contributed by atoms with E-state index in [1.165, 1.54) is 83.8 Å². The zero-order chi connectivity index (χ0) is 75.0. The molecular weight excluding hydrogens is 1500 g/mol. The van der Waals surface area contributed by atoms with Gasteiger partial charge in [0.05, 0.1) is 36.7 Å². The van der Waals surface area contributed by atoms with E-state index in [9.17, 15) is 76.7 Å². The number of halogens is 6. The van der Waals surface area contributed by atoms with Crippen molar-refractivity contribution in [1.29, 1.82) is 10.5 Å². The van der Waals surface area contributed by atoms with Gasteiger partial charge in [-0.2, -0.15) is 55.4 Å². The summed E-state index contributed by atoms with van der Waals surface area (Å²) in [6.07, 6.45) is 2.17. The summed E-state index contributed by atoms with van der Waals surface area (Å²) in [5, 5.41) is 81.0. The van der Waals surface area contributed by atoms with Gasteiger partial charge in [-0.1, -0.05) is 43.3 Å². The van der Waals surface area contributed by atoms with Crippen molar-refractivity contribution in [3.05, 3.63) is 144 Å². The maximum Gasteiger partial charge on any atom is 2.00 e. The number of esters is 2. The van der Waals surface area contributed by atoms with E-state index >= 15 is 0 Å². The van der Waals surface area contributed by atoms with Gasteiger partial charge in [0.25, 0.3) is 0 Å². The van der Waals surface area contributed by atoms with E-state index in [0.717, 1.165) is 51.7 Å². The largest absolute Gasteiger partial charge is 2.00 e. The number of nitrogen functional groups attached to an aromatic ring is 2. The third-order valence-corrected chi connectivity index (χ3v) is 20.1. The Morgan fingerprint density at radius 3 is 1.50 bits per heavy atom. The van der Waals surface area contributed by atoms with Crippen LogP contribution in [-0.4, -0.2) is 177 Å². The van der Waals surface area contributed by atoms with E-state index in [2.05, 4.69) is 46.0 Å². The second-order valence-electron chi connectivity index (χ2n) is 25.0. The molecule has 7 aromatic rings. The molecule has 29 nitrogen and oxygen atoms in total. The van der Waals surface area contributed by atoms with E-state index in [1.54, 1.807) is 55.5 Å². The number of hydrogen-bond acceptors (Lipinski definition) is 26. The van der Waals surface area contributed by atoms with Crippen LogP contribution in [0.3, 0.4) is 0 Å². The molecule has 0 spiro atoms. The summed E-state index contributed by atoms with van der Waals surface area (Å²) in [6.45, 7) is 10.0. The monoisotopic (exact) mass is 1580 g/mol. The predicted octanol–water partition coefficient (Wildman–Crippen LogP) is 2.27. The van der Waals surface area contributed by atoms with Gasteiger partial charge in [-0.25, -0.2) is 41.3 Å². The van der Waals surface area contributed by atoms with E-state index in [0.29, 0.717) is 23.9 Å². The minimum absolute atomic E-state index is 0. The number of aliphatic hydroxyl groups is 5. The number of anilines is 2. The Labute approximate surface area is 673 Å². The number of fused-ring (bicyclic) bond motifs is 2. The third-order valence-electron chi connectivity index (χ3n) is 16.5. The molecule has 12 rings (SSSR count). The molecule has 39 heteroatoms. The number of carbonyl (C=O) groups excluding carboxylic acids is 2. The molecule has 10 N–H and O–H groups in total. The standard InChI is InChI=1S/C27H32N5O8P.C20H19F5NO5P.C12H13N5O4.C4H8O.C4H9.ClH.K.Mg.H/c1-17(26(35)38-18-7-5-6-8-18)14-41(36,40-19-9-3-2-4-10-19)37-13-21-23(33)24(34)27(15-28,39-21)22-12-11-20-25(29)30-16-31-32(20)22;1-11(20(27)29-12-7-5-6-8-12)26-32(28,30-13-9-3-2-4-10-13)31-19-17(24)15(22)14(21)16(23)18(19)25;13-4-12(10(20)9(19)7(3-18)21-12)8-2-1-6-11(14)15-5-16-17(6)8;1-2-4-5-3-1;1-4(2)3;;;;/h2-4,9-12,16-18,21,23-24,33-34H,5-8,13-14H2,1H3,(H2,29,30,31);2-4,9-12H,5-8H2,1H3,(H,26,28);1-2,5,7,9-10,18-20H,3H2,(H2,14,15,16);1-4H2;1-3H3;1H;;;/q;;;;-1;;+1;+2;-1/p-1/t17-,21-,23-,24-,27+,41+;11-,32?;7-,9-,10-,12+;;;;;;/m101....../s1. The molecule has 0 bridgehead atoms. The van der Waals surface area contributed by atoms with E-state index in [-0.39, 0.29) is 141 Å². The van der Waals surface area contributed by atoms with E-state index in [1.807, 2.05) is 12.1 Å². The Kier molecular flexibility index (Phi) is 35.4. The van der Waals surface area contributed by atoms with Gasteiger partial charge in [0.2, 0.25) is 46.0 Å². The van der Waals surface area contributed by atoms with Crippen molar-refractivity contribution in [1.82, 2.24) is 34.3 Å². The van der Waals surface area contributed by atoms with Gasteiger partial charge in [-0.05, 0) is 120 Å². The van der Waals surface area contributed by atoms with Crippen molar-refractivity contribution in [2.75, 3.05) is 44.1 Å². The van der Waals surface area contributed by atoms with E-state index in [4.69, 9.17) is 53.2 Å². The molecule has 568 valence electrons. The summed E-state index contributed by atoms with van der Waals surface area (Å²) in [5.41, 5.74) is 8.86. The molecule has 5 fully saturated rings. The first-order chi connectivity index (χ1) is 49.0. The Balaban J connectivity index is 0.000000326. The summed E-state index contributed by atoms with van der Waals surface area (Å²) in [4.78, 5) is 32.8. The van der Waals surface area contributed by atoms with Crippen LogP contribution in [0, 0.1) is 63.6 Å². The smallest absolute Gasteiger partial charge is 1.00 e. The van der Waals surface area contributed by atoms with Crippen molar-refractivity contribution in [3.63, 3.8) is 0 Å². The number of aliphatic hydroxyl groups excluding tert-OH is 5. The average molecular weight is 1590 g/mol. The number of aromatic nitrogens is 6. The number of nitrogens with zero attached hydrogens (tertiary/aromatic N) is 8. The van der Waals surface area contributed by atoms with Crippen molar-refractivity contribution < 1.29 is 173 Å². The molecule has 12 atom stereocenters. The molecular formula is C67H82ClF5KMgN11O18P2. The predicted molar refractivity (Wildman–Crippen MR) is 363 cm³/mol. The zero-order valence-corrected chi connectivity index (χ0v) is 65.8. The normalized spacial score (nSPS) is 23.4. The number of ether oxygens (including phenoxy) is 5. The second kappa shape index (κ2) is 41.3. The number of nitrogens with one attached hydrogen (secondary N) is 1. The quantitative estimate of drug-likeness (QED) is 0.0103. The van der Waals surface area contributed by atoms with Gasteiger partial charge in [0.1, 0.15) is 102 Å². The maximum absolute atomic E-state index is 14.1. The molecule has 3 aromatic carbocycles. The fourth-order valence-electron chi connectivity index (χ4n) is 11.3. The van der Waals surface area contributed by atoms with Crippen molar-refractivity contribution in [2.24, 2.45) is 5.92 Å². The molecule has 4 aromatic heterocycles. The number of nitriles is 2. The molecule has 7 heterocycles. The Morgan fingerprint density at radius 2 is 1.08 bits per heavy atom. The van der Waals surface area contributed by atoms with Gasteiger partial charge in [0.15, 0.2) is 11.6 Å². The number of rotatable bonds is 20. The molecule has 3 aliphatic heterocycles. The number of benzene rings is 3. The summed E-state index contributed by atoms with van der Waals surface area (Å²) in [7, 11) is -8.96. The van der Waals surface area contributed by atoms with Gasteiger partial charge < -0.3 is 94.0 Å². The molecule has 0 radical (unpaired) electrons. The van der Waals surface area contributed by atoms with Crippen molar-refractivity contribution in [3.8, 4) is 29.4 Å². The summed E-state index contributed by atoms with van der Waals surface area (Å²) >= 11 is 0. The minimum Gasteiger partial charge on any atom is -1.00 e. The molecule has 106 heavy (non-hydrogen) atoms. The average Bonchev–Trinajstić information content (AvgIpc) is 1.59. The Bertz CT molecular complexity index is 4180. The van der Waals surface area contributed by atoms with Crippen LogP contribution in [0.5, 0.6) is 17.2 Å². The van der Waals surface area contributed by atoms with Gasteiger partial charge in [-0.15, -0.1) is 0 Å². The molecule has 3 saturated heterocycles. The van der Waals surface area contributed by atoms with Crippen molar-refractivity contribution >= 4 is 73.0 Å². The molecule has 5 aliphatic rings. The fraction of sp³-hybridized carbons (Fsp3) is 0.478. The van der Waals surface area contributed by atoms with Crippen LogP contribution in [0.2, 0.25) is 0 Å². The minimum atomic E-state index is -4.91. The molecule has 0 amide bonds. The number of nitrogens with two attached hydrogens (primary N) is 2. The zero-order valence-electron chi connectivity index (χ0n) is 59.8. The van der Waals surface area contributed by atoms with Gasteiger partial charge in [0, 0.05) is 13.2 Å². The van der Waals surface area contributed by atoms with Crippen molar-refractivity contribution in [2.45, 2.75) is 165 Å². The second-order valence-corrected chi connectivity index (χ2v) is 28.7. The van der Waals surface area contributed by atoms with Gasteiger partial charge >= 0.3 is 102 Å². The summed E-state index contributed by atoms with van der Waals surface area (Å²) < 4.78 is 147. The van der Waals surface area contributed by atoms with Crippen LogP contribution in [-0.2, 0) is 58.1 Å². The topological polar surface area (TPSA) is 425 Å². The van der Waals surface area contributed by atoms with Crippen LogP contribution >= 0.6 is 15.3 Å². The Morgan fingerprint density at radius 1 is 0.670 bits per heavy atom. The molecule has 2 saturated carbocycles. The van der Waals surface area contributed by atoms with Crippen LogP contribution in [0.25, 0.3) is 11.0 Å². The first-order valence-corrected chi connectivity index (χ1v) is 36.1. The number of para-hydroxylation sites is 2. The fourth-order valence-corrected chi connectivity index (χ4v) is 14.7. The first-order valence-electron chi connectivity index (χ1n) is 32.8. The SMILES string of the molecule is C1CCOC1.C[C-](C)C.C[C@H](C[P@](=O)(OC[C@H]1O[C@@](C#N)(c2ccc3c(N)ncnn23)[C@H](O)[C@@H]1O)Oc1ccccc1)C(=O)OC1CCCC1.C[C@H](NP(=O)(Oc1ccccc1)Oc1c(F)c(F)c(F)c(F)c1F)C(=O)OC1CCCC1.N#C[C@@]1(c2ccc3c(N)ncnn23)O[C@H](CO)[C@@H](O)[C@H]1O.[Cl-].[H-].[K+].[Mg+2]. The summed E-state index contributed by atoms with van der Waals surface area (Å²) in [5.74, 6) is -13.8. The first kappa shape index (κ1) is 90.8. The molecule has 2 aliphatic carbocycles. The third kappa shape index (κ3) is 22.3. The Hall–Kier alpha value is -5.78. The summed E-state index contributed by atoms with van der Waals surface area (Å²) in [6, 6.07) is 24.0. The van der Waals surface area contributed by atoms with E-state index < -0.39 is 135 Å². The maximum atomic E-state index is 14.1. The molecule has 1 unspecified atom stereocenters.